The summed E-state index contributed by atoms with van der Waals surface area (Å²) in [6.07, 6.45) is 4.59. The topological polar surface area (TPSA) is 38.8 Å². The molecule has 1 aliphatic heterocycles. The van der Waals surface area contributed by atoms with E-state index in [0.29, 0.717) is 17.9 Å². The van der Waals surface area contributed by atoms with Gasteiger partial charge in [-0.1, -0.05) is 0 Å². The summed E-state index contributed by atoms with van der Waals surface area (Å²) >= 11 is 0. The lowest BCUT2D eigenvalue weighted by molar-refractivity contribution is 0.112. The van der Waals surface area contributed by atoms with Gasteiger partial charge in [0.15, 0.2) is 11.5 Å². The number of hydrogen-bond donors (Lipinski definition) is 0. The predicted octanol–water partition coefficient (Wildman–Crippen LogP) is 3.15. The van der Waals surface area contributed by atoms with Crippen molar-refractivity contribution in [1.29, 1.82) is 0 Å². The van der Waals surface area contributed by atoms with Gasteiger partial charge in [-0.25, -0.2) is 0 Å². The van der Waals surface area contributed by atoms with E-state index >= 15 is 0 Å². The standard InChI is InChI=1S/C17H25NO3/c1-3-20-17-12-15(13-19)6-7-16(17)21-14(2)8-11-18-9-4-5-10-18/h6-7,12-14H,3-5,8-11H2,1-2H3. The van der Waals surface area contributed by atoms with Crippen LogP contribution in [0.15, 0.2) is 18.2 Å². The molecule has 1 aromatic rings. The second kappa shape index (κ2) is 8.03. The van der Waals surface area contributed by atoms with Gasteiger partial charge in [0.2, 0.25) is 0 Å². The number of nitrogens with zero attached hydrogens (tertiary/aromatic N) is 1. The minimum absolute atomic E-state index is 0.131. The van der Waals surface area contributed by atoms with Crippen LogP contribution in [0.5, 0.6) is 11.5 Å². The summed E-state index contributed by atoms with van der Waals surface area (Å²) in [6.45, 7) is 8.07. The summed E-state index contributed by atoms with van der Waals surface area (Å²) in [7, 11) is 0. The smallest absolute Gasteiger partial charge is 0.161 e. The highest BCUT2D eigenvalue weighted by atomic mass is 16.5. The lowest BCUT2D eigenvalue weighted by Crippen LogP contribution is -2.25. The van der Waals surface area contributed by atoms with E-state index in [1.165, 1.54) is 25.9 Å². The Morgan fingerprint density at radius 3 is 2.71 bits per heavy atom. The fourth-order valence-corrected chi connectivity index (χ4v) is 2.61. The van der Waals surface area contributed by atoms with Gasteiger partial charge < -0.3 is 14.4 Å². The first-order chi connectivity index (χ1) is 10.2. The van der Waals surface area contributed by atoms with Gasteiger partial charge >= 0.3 is 0 Å². The molecule has 0 aliphatic carbocycles. The monoisotopic (exact) mass is 291 g/mol. The van der Waals surface area contributed by atoms with Crippen LogP contribution < -0.4 is 9.47 Å². The minimum Gasteiger partial charge on any atom is -0.490 e. The van der Waals surface area contributed by atoms with Crippen molar-refractivity contribution in [2.75, 3.05) is 26.2 Å². The number of hydrogen-bond acceptors (Lipinski definition) is 4. The van der Waals surface area contributed by atoms with E-state index in [2.05, 4.69) is 11.8 Å². The molecule has 1 unspecified atom stereocenters. The van der Waals surface area contributed by atoms with Crippen molar-refractivity contribution in [2.24, 2.45) is 0 Å². The molecule has 1 saturated heterocycles. The number of ether oxygens (including phenoxy) is 2. The maximum absolute atomic E-state index is 10.8. The van der Waals surface area contributed by atoms with Crippen molar-refractivity contribution in [1.82, 2.24) is 4.90 Å². The summed E-state index contributed by atoms with van der Waals surface area (Å²) in [5.74, 6) is 1.37. The fraction of sp³-hybridized carbons (Fsp3) is 0.588. The molecule has 2 rings (SSSR count). The van der Waals surface area contributed by atoms with E-state index in [4.69, 9.17) is 9.47 Å². The van der Waals surface area contributed by atoms with Gasteiger partial charge in [0.1, 0.15) is 6.29 Å². The molecular weight excluding hydrogens is 266 g/mol. The molecule has 0 bridgehead atoms. The Hall–Kier alpha value is -1.55. The highest BCUT2D eigenvalue weighted by Crippen LogP contribution is 2.29. The number of carbonyl (C=O) groups excluding carboxylic acids is 1. The Bertz CT molecular complexity index is 455. The summed E-state index contributed by atoms with van der Waals surface area (Å²) in [5, 5.41) is 0. The Balaban J connectivity index is 1.91. The third-order valence-corrected chi connectivity index (χ3v) is 3.78. The first-order valence-electron chi connectivity index (χ1n) is 7.84. The average Bonchev–Trinajstić information content (AvgIpc) is 3.00. The molecule has 21 heavy (non-hydrogen) atoms. The SMILES string of the molecule is CCOc1cc(C=O)ccc1OC(C)CCN1CCCC1. The van der Waals surface area contributed by atoms with Crippen molar-refractivity contribution in [3.8, 4) is 11.5 Å². The largest absolute Gasteiger partial charge is 0.490 e. The highest BCUT2D eigenvalue weighted by Gasteiger charge is 2.15. The molecule has 1 atom stereocenters. The van der Waals surface area contributed by atoms with Gasteiger partial charge in [-0.3, -0.25) is 4.79 Å². The third-order valence-electron chi connectivity index (χ3n) is 3.78. The molecular formula is C17H25NO3. The molecule has 4 heteroatoms. The van der Waals surface area contributed by atoms with E-state index in [0.717, 1.165) is 25.0 Å². The van der Waals surface area contributed by atoms with Crippen LogP contribution in [0.1, 0.15) is 43.5 Å². The van der Waals surface area contributed by atoms with E-state index < -0.39 is 0 Å². The predicted molar refractivity (Wildman–Crippen MR) is 83.4 cm³/mol. The minimum atomic E-state index is 0.131. The molecule has 0 aromatic heterocycles. The Morgan fingerprint density at radius 1 is 1.29 bits per heavy atom. The van der Waals surface area contributed by atoms with Gasteiger partial charge in [-0.15, -0.1) is 0 Å². The number of likely N-dealkylation sites (tertiary alicyclic amines) is 1. The Morgan fingerprint density at radius 2 is 2.05 bits per heavy atom. The summed E-state index contributed by atoms with van der Waals surface area (Å²) in [5.41, 5.74) is 0.607. The van der Waals surface area contributed by atoms with Crippen molar-refractivity contribution >= 4 is 6.29 Å². The van der Waals surface area contributed by atoms with Crippen LogP contribution in [0.2, 0.25) is 0 Å². The van der Waals surface area contributed by atoms with E-state index in [-0.39, 0.29) is 6.10 Å². The summed E-state index contributed by atoms with van der Waals surface area (Å²) in [6, 6.07) is 5.32. The quantitative estimate of drug-likeness (QED) is 0.690. The fourth-order valence-electron chi connectivity index (χ4n) is 2.61. The van der Waals surface area contributed by atoms with E-state index in [9.17, 15) is 4.79 Å². The lowest BCUT2D eigenvalue weighted by atomic mass is 10.2. The molecule has 1 heterocycles. The van der Waals surface area contributed by atoms with Crippen molar-refractivity contribution in [3.63, 3.8) is 0 Å². The highest BCUT2D eigenvalue weighted by molar-refractivity contribution is 5.76. The molecule has 0 amide bonds. The van der Waals surface area contributed by atoms with Crippen LogP contribution in [0.25, 0.3) is 0 Å². The molecule has 1 aliphatic rings. The number of carbonyl (C=O) groups is 1. The van der Waals surface area contributed by atoms with Crippen LogP contribution in [-0.4, -0.2) is 43.5 Å². The van der Waals surface area contributed by atoms with Crippen LogP contribution in [0.4, 0.5) is 0 Å². The molecule has 1 aromatic carbocycles. The van der Waals surface area contributed by atoms with Crippen molar-refractivity contribution in [2.45, 2.75) is 39.2 Å². The van der Waals surface area contributed by atoms with E-state index in [1.54, 1.807) is 12.1 Å². The molecule has 0 N–H and O–H groups in total. The van der Waals surface area contributed by atoms with Crippen LogP contribution in [0.3, 0.4) is 0 Å². The summed E-state index contributed by atoms with van der Waals surface area (Å²) in [4.78, 5) is 13.3. The maximum atomic E-state index is 10.8. The molecule has 0 spiro atoms. The van der Waals surface area contributed by atoms with Gasteiger partial charge in [-0.05, 0) is 64.4 Å². The lowest BCUT2D eigenvalue weighted by Gasteiger charge is -2.20. The first kappa shape index (κ1) is 15.8. The number of benzene rings is 1. The molecule has 0 saturated carbocycles. The second-order valence-electron chi connectivity index (χ2n) is 5.52. The van der Waals surface area contributed by atoms with Crippen molar-refractivity contribution < 1.29 is 14.3 Å². The van der Waals surface area contributed by atoms with Crippen molar-refractivity contribution in [3.05, 3.63) is 23.8 Å². The maximum Gasteiger partial charge on any atom is 0.161 e. The molecule has 4 nitrogen and oxygen atoms in total. The zero-order valence-electron chi connectivity index (χ0n) is 13.0. The molecule has 116 valence electrons. The van der Waals surface area contributed by atoms with Crippen LogP contribution in [-0.2, 0) is 0 Å². The molecule has 1 fully saturated rings. The van der Waals surface area contributed by atoms with Gasteiger partial charge in [0.05, 0.1) is 12.7 Å². The van der Waals surface area contributed by atoms with E-state index in [1.807, 2.05) is 13.0 Å². The average molecular weight is 291 g/mol. The normalized spacial score (nSPS) is 16.7. The zero-order chi connectivity index (χ0) is 15.1. The van der Waals surface area contributed by atoms with Crippen LogP contribution in [0, 0.1) is 0 Å². The summed E-state index contributed by atoms with van der Waals surface area (Å²) < 4.78 is 11.6. The number of rotatable bonds is 8. The first-order valence-corrected chi connectivity index (χ1v) is 7.84. The Kier molecular flexibility index (Phi) is 6.05. The zero-order valence-corrected chi connectivity index (χ0v) is 13.0. The molecule has 0 radical (unpaired) electrons. The van der Waals surface area contributed by atoms with Gasteiger partial charge in [0.25, 0.3) is 0 Å². The van der Waals surface area contributed by atoms with Crippen LogP contribution >= 0.6 is 0 Å². The Labute approximate surface area is 127 Å². The third kappa shape index (κ3) is 4.74. The van der Waals surface area contributed by atoms with Gasteiger partial charge in [-0.2, -0.15) is 0 Å². The number of aldehydes is 1. The second-order valence-corrected chi connectivity index (χ2v) is 5.52. The van der Waals surface area contributed by atoms with Gasteiger partial charge in [0, 0.05) is 12.1 Å².